The molecule has 0 aromatic carbocycles. The fourth-order valence-corrected chi connectivity index (χ4v) is 1.08. The Hall–Kier alpha value is -0.810. The number of carbonyl (C=O) groups is 2. The summed E-state index contributed by atoms with van der Waals surface area (Å²) in [5, 5.41) is 12.4. The lowest BCUT2D eigenvalue weighted by molar-refractivity contribution is -0.120. The number of nitrogens with one attached hydrogen (secondary N) is 1. The minimum Gasteiger partial charge on any atom is -0.396 e. The minimum absolute atomic E-state index is 0.0159. The van der Waals surface area contributed by atoms with Crippen LogP contribution in [0.5, 0.6) is 0 Å². The molecule has 0 aliphatic rings. The van der Waals surface area contributed by atoms with Gasteiger partial charge in [-0.15, -0.1) is 0 Å². The van der Waals surface area contributed by atoms with E-state index in [0.29, 0.717) is 0 Å². The quantitative estimate of drug-likeness (QED) is 0.717. The van der Waals surface area contributed by atoms with Crippen molar-refractivity contribution in [1.29, 1.82) is 0 Å². The fraction of sp³-hybridized carbons (Fsp3) is 0.556. The van der Waals surface area contributed by atoms with Crippen LogP contribution >= 0.6 is 11.8 Å². The minimum atomic E-state index is -0.263. The Bertz CT molecular complexity index is 226. The molecule has 0 rings (SSSR count). The maximum absolute atomic E-state index is 11.1. The van der Waals surface area contributed by atoms with Gasteiger partial charge in [0.15, 0.2) is 5.12 Å². The summed E-state index contributed by atoms with van der Waals surface area (Å²) in [6.07, 6.45) is 1.48. The highest BCUT2D eigenvalue weighted by Gasteiger charge is 2.04. The van der Waals surface area contributed by atoms with E-state index in [9.17, 15) is 9.59 Å². The number of hydrogen-bond donors (Lipinski definition) is 2. The van der Waals surface area contributed by atoms with Gasteiger partial charge in [0.2, 0.25) is 5.91 Å². The second-order valence-corrected chi connectivity index (χ2v) is 3.85. The first kappa shape index (κ1) is 13.2. The van der Waals surface area contributed by atoms with Crippen molar-refractivity contribution in [1.82, 2.24) is 5.32 Å². The summed E-state index contributed by atoms with van der Waals surface area (Å²) in [5.41, 5.74) is 0. The van der Waals surface area contributed by atoms with Gasteiger partial charge in [0, 0.05) is 12.1 Å². The lowest BCUT2D eigenvalue weighted by Crippen LogP contribution is -2.17. The van der Waals surface area contributed by atoms with Crippen LogP contribution in [0.2, 0.25) is 0 Å². The molecule has 1 amide bonds. The van der Waals surface area contributed by atoms with Crippen LogP contribution in [0, 0.1) is 5.92 Å². The molecule has 80 valence electrons. The topological polar surface area (TPSA) is 66.4 Å². The van der Waals surface area contributed by atoms with Crippen LogP contribution in [0.4, 0.5) is 0 Å². The van der Waals surface area contributed by atoms with Gasteiger partial charge in [-0.3, -0.25) is 9.59 Å². The van der Waals surface area contributed by atoms with Gasteiger partial charge in [-0.1, -0.05) is 25.6 Å². The van der Waals surface area contributed by atoms with E-state index in [1.165, 1.54) is 11.6 Å². The highest BCUT2D eigenvalue weighted by atomic mass is 32.2. The van der Waals surface area contributed by atoms with Gasteiger partial charge in [0.25, 0.3) is 0 Å². The number of hydrogen-bond acceptors (Lipinski definition) is 4. The summed E-state index contributed by atoms with van der Waals surface area (Å²) < 4.78 is 0. The van der Waals surface area contributed by atoms with Gasteiger partial charge in [-0.2, -0.15) is 0 Å². The highest BCUT2D eigenvalue weighted by Crippen LogP contribution is 2.10. The molecule has 0 heterocycles. The maximum atomic E-state index is 11.1. The summed E-state index contributed by atoms with van der Waals surface area (Å²) in [5.74, 6) is -0.279. The van der Waals surface area contributed by atoms with Crippen molar-refractivity contribution in [3.05, 3.63) is 11.6 Å². The average molecular weight is 217 g/mol. The van der Waals surface area contributed by atoms with Gasteiger partial charge < -0.3 is 10.4 Å². The van der Waals surface area contributed by atoms with E-state index in [4.69, 9.17) is 5.11 Å². The van der Waals surface area contributed by atoms with Gasteiger partial charge in [-0.05, 0) is 5.41 Å². The number of rotatable bonds is 5. The molecule has 0 spiro atoms. The Morgan fingerprint density at radius 2 is 2.14 bits per heavy atom. The van der Waals surface area contributed by atoms with Gasteiger partial charge in [0.1, 0.15) is 0 Å². The Morgan fingerprint density at radius 3 is 2.64 bits per heavy atom. The smallest absolute Gasteiger partial charge is 0.226 e. The Kier molecular flexibility index (Phi) is 7.14. The number of carbonyl (C=O) groups excluding carboxylic acids is 2. The fourth-order valence-electron chi connectivity index (χ4n) is 0.538. The largest absolute Gasteiger partial charge is 0.396 e. The van der Waals surface area contributed by atoms with Gasteiger partial charge in [0.05, 0.1) is 13.0 Å². The first-order valence-corrected chi connectivity index (χ1v) is 5.21. The lowest BCUT2D eigenvalue weighted by Gasteiger charge is -1.99. The van der Waals surface area contributed by atoms with E-state index in [-0.39, 0.29) is 30.0 Å². The molecule has 0 atom stereocenters. The van der Waals surface area contributed by atoms with Gasteiger partial charge >= 0.3 is 0 Å². The third-order valence-electron chi connectivity index (χ3n) is 1.31. The molecular formula is C9H15NO3S. The van der Waals surface area contributed by atoms with E-state index in [0.717, 1.165) is 11.8 Å². The molecule has 0 unspecified atom stereocenters. The first-order chi connectivity index (χ1) is 6.57. The van der Waals surface area contributed by atoms with Crippen LogP contribution in [-0.4, -0.2) is 22.7 Å². The molecule has 0 fully saturated rings. The lowest BCUT2D eigenvalue weighted by atomic mass is 10.3. The summed E-state index contributed by atoms with van der Waals surface area (Å²) in [6.45, 7) is 3.46. The van der Waals surface area contributed by atoms with Gasteiger partial charge in [-0.25, -0.2) is 0 Å². The van der Waals surface area contributed by atoms with Crippen LogP contribution in [0.1, 0.15) is 20.3 Å². The molecule has 14 heavy (non-hydrogen) atoms. The van der Waals surface area contributed by atoms with Crippen molar-refractivity contribution in [2.45, 2.75) is 20.3 Å². The first-order valence-electron chi connectivity index (χ1n) is 4.33. The van der Waals surface area contributed by atoms with Crippen LogP contribution in [-0.2, 0) is 9.59 Å². The average Bonchev–Trinajstić information content (AvgIpc) is 2.12. The molecule has 4 nitrogen and oxygen atoms in total. The zero-order valence-electron chi connectivity index (χ0n) is 8.32. The van der Waals surface area contributed by atoms with Crippen molar-refractivity contribution in [3.8, 4) is 0 Å². The van der Waals surface area contributed by atoms with E-state index < -0.39 is 0 Å². The van der Waals surface area contributed by atoms with E-state index in [2.05, 4.69) is 5.32 Å². The molecule has 0 aromatic rings. The van der Waals surface area contributed by atoms with Crippen LogP contribution in [0.25, 0.3) is 0 Å². The predicted octanol–water partition coefficient (Wildman–Crippen LogP) is 0.872. The molecule has 0 saturated heterocycles. The Balaban J connectivity index is 3.64. The third-order valence-corrected chi connectivity index (χ3v) is 2.28. The molecule has 0 aromatic heterocycles. The molecule has 0 aliphatic heterocycles. The van der Waals surface area contributed by atoms with E-state index in [1.807, 2.05) is 13.8 Å². The molecular weight excluding hydrogens is 202 g/mol. The molecule has 0 bridgehead atoms. The van der Waals surface area contributed by atoms with Crippen LogP contribution < -0.4 is 5.32 Å². The van der Waals surface area contributed by atoms with E-state index >= 15 is 0 Å². The Labute approximate surface area is 87.8 Å². The van der Waals surface area contributed by atoms with Crippen molar-refractivity contribution >= 4 is 22.8 Å². The molecule has 0 radical (unpaired) electrons. The van der Waals surface area contributed by atoms with Crippen LogP contribution in [0.15, 0.2) is 11.6 Å². The summed E-state index contributed by atoms with van der Waals surface area (Å²) in [7, 11) is 0. The second kappa shape index (κ2) is 7.58. The van der Waals surface area contributed by atoms with Crippen LogP contribution in [0.3, 0.4) is 0 Å². The third kappa shape index (κ3) is 6.68. The predicted molar refractivity (Wildman–Crippen MR) is 56.4 cm³/mol. The standard InChI is InChI=1S/C9H15NO3S/c1-7(2)9(13)14-6-4-10-8(12)3-5-11/h4,6-7,11H,3,5H2,1-2H3,(H,10,12)/b6-4+. The second-order valence-electron chi connectivity index (χ2n) is 2.94. The Morgan fingerprint density at radius 1 is 1.50 bits per heavy atom. The molecule has 5 heteroatoms. The van der Waals surface area contributed by atoms with Crippen molar-refractivity contribution in [3.63, 3.8) is 0 Å². The molecule has 2 N–H and O–H groups in total. The normalized spacial score (nSPS) is 10.9. The number of aliphatic hydroxyl groups is 1. The number of amides is 1. The zero-order valence-corrected chi connectivity index (χ0v) is 9.13. The zero-order chi connectivity index (χ0) is 11.0. The highest BCUT2D eigenvalue weighted by molar-refractivity contribution is 8.16. The van der Waals surface area contributed by atoms with Crippen molar-refractivity contribution < 1.29 is 14.7 Å². The SMILES string of the molecule is CC(C)C(=O)S/C=C/NC(=O)CCO. The summed E-state index contributed by atoms with van der Waals surface area (Å²) in [4.78, 5) is 21.9. The monoisotopic (exact) mass is 217 g/mol. The summed E-state index contributed by atoms with van der Waals surface area (Å²) in [6, 6.07) is 0. The van der Waals surface area contributed by atoms with Crippen molar-refractivity contribution in [2.75, 3.05) is 6.61 Å². The summed E-state index contributed by atoms with van der Waals surface area (Å²) >= 11 is 1.05. The number of thioether (sulfide) groups is 1. The molecule has 0 aliphatic carbocycles. The number of aliphatic hydroxyl groups excluding tert-OH is 1. The van der Waals surface area contributed by atoms with Crippen molar-refractivity contribution in [2.24, 2.45) is 5.92 Å². The molecule has 0 saturated carbocycles. The maximum Gasteiger partial charge on any atom is 0.226 e. The van der Waals surface area contributed by atoms with E-state index in [1.54, 1.807) is 0 Å².